The first-order chi connectivity index (χ1) is 6.61. The van der Waals surface area contributed by atoms with Gasteiger partial charge in [0.25, 0.3) is 6.43 Å². The normalized spacial score (nSPS) is 27.6. The Hall–Kier alpha value is -0.0331. The highest BCUT2D eigenvalue weighted by Gasteiger charge is 2.29. The first-order valence-electron chi connectivity index (χ1n) is 5.15. The monoisotopic (exact) mass is 226 g/mol. The Morgan fingerprint density at radius 3 is 2.50 bits per heavy atom. The second-order valence-corrected chi connectivity index (χ2v) is 7.09. The molecule has 1 heterocycles. The maximum absolute atomic E-state index is 12.7. The molecule has 1 nitrogen and oxygen atoms in total. The quantitative estimate of drug-likeness (QED) is 0.670. The fourth-order valence-corrected chi connectivity index (χ4v) is 4.61. The van der Waals surface area contributed by atoms with Crippen LogP contribution < -0.4 is 0 Å². The molecule has 0 aromatic rings. The summed E-state index contributed by atoms with van der Waals surface area (Å²) in [5.74, 6) is 0. The summed E-state index contributed by atoms with van der Waals surface area (Å²) in [6, 6.07) is 1.01. The number of alkyl halides is 3. The van der Waals surface area contributed by atoms with Crippen LogP contribution in [-0.2, 0) is 4.43 Å². The van der Waals surface area contributed by atoms with Crippen molar-refractivity contribution in [2.45, 2.75) is 50.4 Å². The second kappa shape index (κ2) is 5.75. The Kier molecular flexibility index (Phi) is 4.95. The molecule has 0 amide bonds. The van der Waals surface area contributed by atoms with Crippen molar-refractivity contribution in [3.05, 3.63) is 0 Å². The van der Waals surface area contributed by atoms with Gasteiger partial charge in [-0.25, -0.2) is 13.2 Å². The van der Waals surface area contributed by atoms with Gasteiger partial charge in [-0.2, -0.15) is 0 Å². The first kappa shape index (κ1) is 12.0. The van der Waals surface area contributed by atoms with Crippen LogP contribution in [0.1, 0.15) is 26.2 Å². The van der Waals surface area contributed by atoms with E-state index in [1.807, 2.05) is 6.92 Å². The zero-order valence-electron chi connectivity index (χ0n) is 8.39. The van der Waals surface area contributed by atoms with E-state index in [1.54, 1.807) is 0 Å². The molecule has 1 aliphatic heterocycles. The molecule has 0 saturated carbocycles. The highest BCUT2D eigenvalue weighted by Crippen LogP contribution is 2.27. The zero-order valence-corrected chi connectivity index (χ0v) is 9.54. The van der Waals surface area contributed by atoms with Gasteiger partial charge in [-0.05, 0) is 24.4 Å². The molecule has 1 saturated heterocycles. The van der Waals surface area contributed by atoms with Gasteiger partial charge >= 0.3 is 0 Å². The molecule has 1 aliphatic rings. The van der Waals surface area contributed by atoms with Crippen molar-refractivity contribution >= 4 is 9.04 Å². The highest BCUT2D eigenvalue weighted by molar-refractivity contribution is 6.53. The lowest BCUT2D eigenvalue weighted by Gasteiger charge is -2.27. The van der Waals surface area contributed by atoms with E-state index in [4.69, 9.17) is 4.43 Å². The van der Waals surface area contributed by atoms with Gasteiger partial charge < -0.3 is 4.43 Å². The summed E-state index contributed by atoms with van der Waals surface area (Å²) >= 11 is 0. The van der Waals surface area contributed by atoms with Gasteiger partial charge in [0.1, 0.15) is 0 Å². The van der Waals surface area contributed by atoms with E-state index in [-0.39, 0.29) is 12.0 Å². The van der Waals surface area contributed by atoms with Crippen molar-refractivity contribution in [3.8, 4) is 0 Å². The third-order valence-corrected chi connectivity index (χ3v) is 5.90. The average molecular weight is 226 g/mol. The fourth-order valence-electron chi connectivity index (χ4n) is 1.82. The molecule has 3 unspecified atom stereocenters. The van der Waals surface area contributed by atoms with E-state index in [9.17, 15) is 13.2 Å². The molecule has 0 N–H and O–H groups in total. The number of hydrogen-bond donors (Lipinski definition) is 0. The van der Waals surface area contributed by atoms with Crippen LogP contribution in [0.15, 0.2) is 0 Å². The van der Waals surface area contributed by atoms with Crippen molar-refractivity contribution in [1.82, 2.24) is 0 Å². The highest BCUT2D eigenvalue weighted by atomic mass is 28.3. The maximum atomic E-state index is 12.7. The third-order valence-electron chi connectivity index (χ3n) is 2.72. The van der Waals surface area contributed by atoms with Crippen molar-refractivity contribution in [2.75, 3.05) is 6.61 Å². The van der Waals surface area contributed by atoms with Crippen molar-refractivity contribution < 1.29 is 17.6 Å². The summed E-state index contributed by atoms with van der Waals surface area (Å²) in [5.41, 5.74) is 0.0271. The molecule has 14 heavy (non-hydrogen) atoms. The lowest BCUT2D eigenvalue weighted by Crippen LogP contribution is -2.30. The van der Waals surface area contributed by atoms with Gasteiger partial charge in [0.2, 0.25) is 0 Å². The van der Waals surface area contributed by atoms with Crippen LogP contribution in [0.4, 0.5) is 13.2 Å². The average Bonchev–Trinajstić information content (AvgIpc) is 2.19. The van der Waals surface area contributed by atoms with Gasteiger partial charge in [0.15, 0.2) is 15.2 Å². The summed E-state index contributed by atoms with van der Waals surface area (Å²) in [6.45, 7) is 2.59. The summed E-state index contributed by atoms with van der Waals surface area (Å²) in [6.07, 6.45) is -2.66. The van der Waals surface area contributed by atoms with Crippen LogP contribution in [0.3, 0.4) is 0 Å². The lowest BCUT2D eigenvalue weighted by molar-refractivity contribution is 0.0440. The molecule has 0 aliphatic carbocycles. The van der Waals surface area contributed by atoms with Crippen molar-refractivity contribution in [3.63, 3.8) is 0 Å². The fraction of sp³-hybridized carbons (Fsp3) is 1.00. The Morgan fingerprint density at radius 2 is 2.00 bits per heavy atom. The smallest absolute Gasteiger partial charge is 0.269 e. The Labute approximate surface area is 84.4 Å². The first-order valence-corrected chi connectivity index (χ1v) is 7.10. The second-order valence-electron chi connectivity index (χ2n) is 3.97. The van der Waals surface area contributed by atoms with Crippen LogP contribution in [0, 0.1) is 0 Å². The lowest BCUT2D eigenvalue weighted by atomic mass is 10.2. The van der Waals surface area contributed by atoms with Gasteiger partial charge in [-0.15, -0.1) is 0 Å². The molecule has 0 spiro atoms. The van der Waals surface area contributed by atoms with Gasteiger partial charge in [0, 0.05) is 6.61 Å². The summed E-state index contributed by atoms with van der Waals surface area (Å²) in [7, 11) is -1.39. The predicted octanol–water partition coefficient (Wildman–Crippen LogP) is 2.90. The molecule has 0 radical (unpaired) electrons. The van der Waals surface area contributed by atoms with E-state index < -0.39 is 21.6 Å². The van der Waals surface area contributed by atoms with E-state index in [0.717, 1.165) is 25.5 Å². The molecular weight excluding hydrogens is 209 g/mol. The molecular formula is C9H17F3OSi. The molecule has 0 bridgehead atoms. The van der Waals surface area contributed by atoms with Gasteiger partial charge in [0.05, 0.1) is 0 Å². The van der Waals surface area contributed by atoms with Crippen molar-refractivity contribution in [1.29, 1.82) is 0 Å². The minimum atomic E-state index is -2.84. The zero-order chi connectivity index (χ0) is 10.6. The third kappa shape index (κ3) is 3.61. The van der Waals surface area contributed by atoms with E-state index in [2.05, 4.69) is 0 Å². The minimum absolute atomic E-state index is 0.0271. The molecule has 0 aromatic carbocycles. The van der Waals surface area contributed by atoms with E-state index >= 15 is 0 Å². The predicted molar refractivity (Wildman–Crippen MR) is 52.1 cm³/mol. The van der Waals surface area contributed by atoms with Crippen LogP contribution in [0.5, 0.6) is 0 Å². The molecule has 5 heteroatoms. The SMILES string of the molecule is CC(CC(F)C(F)F)[SiH]1CCCCO1. The minimum Gasteiger partial charge on any atom is -0.420 e. The molecule has 84 valence electrons. The Morgan fingerprint density at radius 1 is 1.29 bits per heavy atom. The maximum Gasteiger partial charge on any atom is 0.269 e. The largest absolute Gasteiger partial charge is 0.420 e. The number of rotatable bonds is 4. The standard InChI is InChI=1S/C9H17F3OSi/c1-7(6-8(10)9(11)12)14-5-3-2-4-13-14/h7-9,14H,2-6H2,1H3. The summed E-state index contributed by atoms with van der Waals surface area (Å²) in [4.78, 5) is 0. The van der Waals surface area contributed by atoms with E-state index in [1.165, 1.54) is 0 Å². The van der Waals surface area contributed by atoms with Crippen LogP contribution in [0.2, 0.25) is 11.6 Å². The Bertz CT molecular complexity index is 162. The topological polar surface area (TPSA) is 9.23 Å². The van der Waals surface area contributed by atoms with Crippen molar-refractivity contribution in [2.24, 2.45) is 0 Å². The Balaban J connectivity index is 2.28. The summed E-state index contributed by atoms with van der Waals surface area (Å²) < 4.78 is 42.2. The van der Waals surface area contributed by atoms with E-state index in [0.29, 0.717) is 0 Å². The summed E-state index contributed by atoms with van der Waals surface area (Å²) in [5, 5.41) is 0. The number of halogens is 3. The van der Waals surface area contributed by atoms with Gasteiger partial charge in [-0.3, -0.25) is 0 Å². The molecule has 1 fully saturated rings. The van der Waals surface area contributed by atoms with Crippen LogP contribution in [-0.4, -0.2) is 28.2 Å². The molecule has 3 atom stereocenters. The van der Waals surface area contributed by atoms with Crippen LogP contribution >= 0.6 is 0 Å². The molecule has 1 rings (SSSR count). The van der Waals surface area contributed by atoms with Crippen LogP contribution in [0.25, 0.3) is 0 Å². The van der Waals surface area contributed by atoms with Gasteiger partial charge in [-0.1, -0.05) is 13.3 Å². The number of hydrogen-bond acceptors (Lipinski definition) is 1. The molecule has 0 aromatic heterocycles.